The van der Waals surface area contributed by atoms with Crippen molar-refractivity contribution in [3.05, 3.63) is 42.0 Å². The van der Waals surface area contributed by atoms with Crippen LogP contribution in [-0.4, -0.2) is 17.4 Å². The van der Waals surface area contributed by atoms with E-state index < -0.39 is 5.97 Å². The predicted octanol–water partition coefficient (Wildman–Crippen LogP) is 1.53. The first-order chi connectivity index (χ1) is 6.66. The summed E-state index contributed by atoms with van der Waals surface area (Å²) in [6.45, 7) is 3.45. The fraction of sp³-hybridized carbons (Fsp3) is 0.0909. The van der Waals surface area contributed by atoms with E-state index in [9.17, 15) is 9.59 Å². The molecule has 3 nitrogen and oxygen atoms in total. The van der Waals surface area contributed by atoms with E-state index in [0.29, 0.717) is 11.1 Å². The van der Waals surface area contributed by atoms with Crippen LogP contribution in [0.25, 0.3) is 5.57 Å². The molecule has 3 heteroatoms. The van der Waals surface area contributed by atoms with Gasteiger partial charge in [-0.25, -0.2) is 4.79 Å². The highest BCUT2D eigenvalue weighted by atomic mass is 16.4. The van der Waals surface area contributed by atoms with Crippen molar-refractivity contribution >= 4 is 17.8 Å². The third kappa shape index (κ3) is 2.07. The van der Waals surface area contributed by atoms with Crippen LogP contribution in [0.2, 0.25) is 0 Å². The minimum atomic E-state index is -1.07. The number of carboxylic acids is 1. The molecule has 72 valence electrons. The van der Waals surface area contributed by atoms with Crippen LogP contribution in [0, 0.1) is 0 Å². The summed E-state index contributed by atoms with van der Waals surface area (Å²) in [5, 5.41) is 8.74. The third-order valence-corrected chi connectivity index (χ3v) is 1.90. The Morgan fingerprint density at radius 1 is 1.43 bits per heavy atom. The van der Waals surface area contributed by atoms with Gasteiger partial charge in [0, 0.05) is 6.42 Å². The predicted molar refractivity (Wildman–Crippen MR) is 52.9 cm³/mol. The lowest BCUT2D eigenvalue weighted by atomic mass is 9.99. The fourth-order valence-corrected chi connectivity index (χ4v) is 1.20. The van der Waals surface area contributed by atoms with Crippen molar-refractivity contribution in [2.45, 2.75) is 6.42 Å². The first-order valence-corrected chi connectivity index (χ1v) is 4.11. The lowest BCUT2D eigenvalue weighted by molar-refractivity contribution is -0.130. The number of aldehydes is 1. The van der Waals surface area contributed by atoms with Crippen LogP contribution in [0.5, 0.6) is 0 Å². The quantitative estimate of drug-likeness (QED) is 0.578. The number of aliphatic carboxylic acids is 1. The normalized spacial score (nSPS) is 9.43. The molecule has 0 aromatic heterocycles. The highest BCUT2D eigenvalue weighted by Crippen LogP contribution is 2.17. The zero-order valence-corrected chi connectivity index (χ0v) is 7.56. The van der Waals surface area contributed by atoms with E-state index in [0.717, 1.165) is 6.29 Å². The molecule has 0 aliphatic heterocycles. The van der Waals surface area contributed by atoms with E-state index in [1.165, 1.54) is 0 Å². The van der Waals surface area contributed by atoms with Gasteiger partial charge >= 0.3 is 5.97 Å². The molecule has 14 heavy (non-hydrogen) atoms. The number of carbonyl (C=O) groups excluding carboxylic acids is 1. The Kier molecular flexibility index (Phi) is 3.18. The zero-order chi connectivity index (χ0) is 10.6. The smallest absolute Gasteiger partial charge is 0.335 e. The second-order valence-electron chi connectivity index (χ2n) is 2.81. The summed E-state index contributed by atoms with van der Waals surface area (Å²) in [4.78, 5) is 21.0. The summed E-state index contributed by atoms with van der Waals surface area (Å²) >= 11 is 0. The van der Waals surface area contributed by atoms with E-state index >= 15 is 0 Å². The van der Waals surface area contributed by atoms with Crippen LogP contribution < -0.4 is 0 Å². The van der Waals surface area contributed by atoms with Crippen molar-refractivity contribution in [2.75, 3.05) is 0 Å². The Morgan fingerprint density at radius 2 is 2.07 bits per heavy atom. The second kappa shape index (κ2) is 4.37. The van der Waals surface area contributed by atoms with Gasteiger partial charge in [0.25, 0.3) is 0 Å². The summed E-state index contributed by atoms with van der Waals surface area (Å²) in [5.74, 6) is -1.07. The number of hydrogen-bond acceptors (Lipinski definition) is 2. The lowest BCUT2D eigenvalue weighted by Gasteiger charge is -2.05. The van der Waals surface area contributed by atoms with Gasteiger partial charge in [-0.3, -0.25) is 0 Å². The average molecular weight is 190 g/mol. The summed E-state index contributed by atoms with van der Waals surface area (Å²) in [6, 6.07) is 6.85. The van der Waals surface area contributed by atoms with Crippen LogP contribution in [0.4, 0.5) is 0 Å². The van der Waals surface area contributed by atoms with Gasteiger partial charge < -0.3 is 9.90 Å². The third-order valence-electron chi connectivity index (χ3n) is 1.90. The van der Waals surface area contributed by atoms with Crippen molar-refractivity contribution in [3.8, 4) is 0 Å². The molecular weight excluding hydrogens is 180 g/mol. The van der Waals surface area contributed by atoms with E-state index in [1.54, 1.807) is 24.3 Å². The van der Waals surface area contributed by atoms with Gasteiger partial charge in [0.15, 0.2) is 0 Å². The summed E-state index contributed by atoms with van der Waals surface area (Å²) < 4.78 is 0. The van der Waals surface area contributed by atoms with Crippen molar-refractivity contribution in [3.63, 3.8) is 0 Å². The minimum Gasteiger partial charge on any atom is -0.478 e. The Labute approximate surface area is 81.7 Å². The van der Waals surface area contributed by atoms with Gasteiger partial charge in [0.05, 0.1) is 5.57 Å². The van der Waals surface area contributed by atoms with E-state index in [1.807, 2.05) is 0 Å². The standard InChI is InChI=1S/C11H10O3/c1-8(11(13)14)10-5-3-2-4-9(10)6-7-12/h2-5,7H,1,6H2,(H,13,14). The summed E-state index contributed by atoms with van der Waals surface area (Å²) in [7, 11) is 0. The molecule has 0 radical (unpaired) electrons. The Hall–Kier alpha value is -1.90. The molecule has 0 heterocycles. The maximum Gasteiger partial charge on any atom is 0.335 e. The molecule has 0 atom stereocenters. The largest absolute Gasteiger partial charge is 0.478 e. The molecule has 0 bridgehead atoms. The van der Waals surface area contributed by atoms with Crippen LogP contribution in [0.1, 0.15) is 11.1 Å². The summed E-state index contributed by atoms with van der Waals surface area (Å²) in [6.07, 6.45) is 0.955. The Bertz CT molecular complexity index is 380. The van der Waals surface area contributed by atoms with Crippen LogP contribution in [-0.2, 0) is 16.0 Å². The van der Waals surface area contributed by atoms with Gasteiger partial charge in [-0.05, 0) is 11.1 Å². The Balaban J connectivity index is 3.12. The first-order valence-electron chi connectivity index (χ1n) is 4.11. The zero-order valence-electron chi connectivity index (χ0n) is 7.56. The number of carbonyl (C=O) groups is 2. The van der Waals surface area contributed by atoms with Gasteiger partial charge in [0.2, 0.25) is 0 Å². The second-order valence-corrected chi connectivity index (χ2v) is 2.81. The van der Waals surface area contributed by atoms with Crippen molar-refractivity contribution in [2.24, 2.45) is 0 Å². The van der Waals surface area contributed by atoms with Gasteiger partial charge in [-0.1, -0.05) is 30.8 Å². The Morgan fingerprint density at radius 3 is 2.64 bits per heavy atom. The highest BCUT2D eigenvalue weighted by molar-refractivity contribution is 6.15. The van der Waals surface area contributed by atoms with E-state index in [4.69, 9.17) is 5.11 Å². The molecule has 0 aliphatic carbocycles. The molecule has 1 rings (SSSR count). The molecule has 0 saturated heterocycles. The number of carboxylic acid groups (broad SMARTS) is 1. The highest BCUT2D eigenvalue weighted by Gasteiger charge is 2.10. The van der Waals surface area contributed by atoms with Crippen molar-refractivity contribution in [1.29, 1.82) is 0 Å². The lowest BCUT2D eigenvalue weighted by Crippen LogP contribution is -2.02. The van der Waals surface area contributed by atoms with Crippen molar-refractivity contribution < 1.29 is 14.7 Å². The number of hydrogen-bond donors (Lipinski definition) is 1. The van der Waals surface area contributed by atoms with Gasteiger partial charge in [0.1, 0.15) is 6.29 Å². The van der Waals surface area contributed by atoms with Crippen LogP contribution in [0.3, 0.4) is 0 Å². The number of benzene rings is 1. The first kappa shape index (κ1) is 10.2. The average Bonchev–Trinajstić information content (AvgIpc) is 2.18. The molecule has 0 saturated carbocycles. The monoisotopic (exact) mass is 190 g/mol. The van der Waals surface area contributed by atoms with Crippen LogP contribution in [0.15, 0.2) is 30.8 Å². The molecule has 1 aromatic carbocycles. The molecule has 0 fully saturated rings. The maximum absolute atomic E-state index is 10.7. The molecule has 0 spiro atoms. The maximum atomic E-state index is 10.7. The SMILES string of the molecule is C=C(C(=O)O)c1ccccc1CC=O. The molecular formula is C11H10O3. The molecule has 0 amide bonds. The molecule has 1 aromatic rings. The van der Waals surface area contributed by atoms with Crippen LogP contribution >= 0.6 is 0 Å². The molecule has 0 unspecified atom stereocenters. The minimum absolute atomic E-state index is 0.0162. The number of rotatable bonds is 4. The molecule has 1 N–H and O–H groups in total. The van der Waals surface area contributed by atoms with Gasteiger partial charge in [-0.2, -0.15) is 0 Å². The van der Waals surface area contributed by atoms with E-state index in [2.05, 4.69) is 6.58 Å². The van der Waals surface area contributed by atoms with Crippen molar-refractivity contribution in [1.82, 2.24) is 0 Å². The molecule has 0 aliphatic rings. The van der Waals surface area contributed by atoms with Gasteiger partial charge in [-0.15, -0.1) is 0 Å². The summed E-state index contributed by atoms with van der Waals surface area (Å²) in [5.41, 5.74) is 1.23. The fourth-order valence-electron chi connectivity index (χ4n) is 1.20. The topological polar surface area (TPSA) is 54.4 Å². The van der Waals surface area contributed by atoms with E-state index in [-0.39, 0.29) is 12.0 Å².